The van der Waals surface area contributed by atoms with Gasteiger partial charge in [0.15, 0.2) is 11.6 Å². The van der Waals surface area contributed by atoms with Gasteiger partial charge < -0.3 is 14.5 Å². The summed E-state index contributed by atoms with van der Waals surface area (Å²) in [5.74, 6) is -2.32. The van der Waals surface area contributed by atoms with E-state index in [1.165, 1.54) is 11.0 Å². The first-order valence-electron chi connectivity index (χ1n) is 7.93. The van der Waals surface area contributed by atoms with Crippen LogP contribution in [-0.4, -0.2) is 36.4 Å². The van der Waals surface area contributed by atoms with Crippen LogP contribution in [-0.2, 0) is 19.3 Å². The minimum atomic E-state index is -4.57. The molecule has 1 N–H and O–H groups in total. The van der Waals surface area contributed by atoms with Gasteiger partial charge in [0.2, 0.25) is 5.82 Å². The van der Waals surface area contributed by atoms with Gasteiger partial charge in [-0.2, -0.15) is 13.2 Å². The van der Waals surface area contributed by atoms with Crippen LogP contribution in [0.3, 0.4) is 0 Å². The molecule has 0 fully saturated rings. The fraction of sp³-hybridized carbons (Fsp3) is 0.312. The van der Waals surface area contributed by atoms with Gasteiger partial charge in [0, 0.05) is 12.6 Å². The summed E-state index contributed by atoms with van der Waals surface area (Å²) in [5.41, 5.74) is 0.378. The summed E-state index contributed by atoms with van der Waals surface area (Å²) >= 11 is 5.99. The normalized spacial score (nSPS) is 17.4. The van der Waals surface area contributed by atoms with Crippen molar-refractivity contribution >= 4 is 28.5 Å². The van der Waals surface area contributed by atoms with Gasteiger partial charge in [-0.15, -0.1) is 0 Å². The van der Waals surface area contributed by atoms with Crippen LogP contribution in [0.1, 0.15) is 29.1 Å². The molecule has 0 unspecified atom stereocenters. The van der Waals surface area contributed by atoms with E-state index in [4.69, 9.17) is 11.6 Å². The predicted octanol–water partition coefficient (Wildman–Crippen LogP) is 3.62. The van der Waals surface area contributed by atoms with Crippen molar-refractivity contribution in [2.75, 3.05) is 0 Å². The van der Waals surface area contributed by atoms with Gasteiger partial charge >= 0.3 is 6.18 Å². The van der Waals surface area contributed by atoms with Crippen LogP contribution in [0, 0.1) is 5.82 Å². The lowest BCUT2D eigenvalue weighted by Crippen LogP contribution is -2.45. The van der Waals surface area contributed by atoms with Crippen molar-refractivity contribution in [2.24, 2.45) is 0 Å². The van der Waals surface area contributed by atoms with E-state index in [1.807, 2.05) is 0 Å². The second-order valence-electron chi connectivity index (χ2n) is 6.30. The highest BCUT2D eigenvalue weighted by atomic mass is 35.5. The highest BCUT2D eigenvalue weighted by Crippen LogP contribution is 2.32. The number of amides is 1. The number of rotatable bonds is 1. The Morgan fingerprint density at radius 2 is 2.11 bits per heavy atom. The number of benzene rings is 1. The SMILES string of the molecule is C[C@H]1Cn2c(cnc2C(F)(F)F)CN1C(=O)c1nc2c(F)ccc(Cl)c2[nH]1. The standard InChI is InChI=1S/C16H12ClF4N5O/c1-7-5-26-8(4-22-15(26)16(19,20)21)6-25(7)14(27)13-23-11-9(17)2-3-10(18)12(11)24-13/h2-4,7H,5-6H2,1H3,(H,23,24)/t7-/m0/s1. The van der Waals surface area contributed by atoms with Crippen molar-refractivity contribution < 1.29 is 22.4 Å². The van der Waals surface area contributed by atoms with E-state index in [0.717, 1.165) is 16.8 Å². The largest absolute Gasteiger partial charge is 0.449 e. The first-order valence-corrected chi connectivity index (χ1v) is 8.31. The number of nitrogens with zero attached hydrogens (tertiary/aromatic N) is 4. The fourth-order valence-electron chi connectivity index (χ4n) is 3.20. The number of H-pyrrole nitrogens is 1. The number of halogens is 5. The van der Waals surface area contributed by atoms with Crippen LogP contribution in [0.2, 0.25) is 5.02 Å². The number of alkyl halides is 3. The Morgan fingerprint density at radius 1 is 1.37 bits per heavy atom. The number of aromatic nitrogens is 4. The Morgan fingerprint density at radius 3 is 2.78 bits per heavy atom. The zero-order chi connectivity index (χ0) is 19.5. The molecule has 3 aromatic rings. The average molecular weight is 402 g/mol. The molecule has 11 heteroatoms. The smallest absolute Gasteiger partial charge is 0.333 e. The number of nitrogens with one attached hydrogen (secondary N) is 1. The molecule has 0 saturated heterocycles. The summed E-state index contributed by atoms with van der Waals surface area (Å²) in [6.45, 7) is 1.48. The Kier molecular flexibility index (Phi) is 3.91. The molecule has 1 aliphatic rings. The fourth-order valence-corrected chi connectivity index (χ4v) is 3.40. The van der Waals surface area contributed by atoms with Crippen molar-refractivity contribution in [1.82, 2.24) is 24.4 Å². The molecule has 142 valence electrons. The van der Waals surface area contributed by atoms with Gasteiger partial charge in [-0.3, -0.25) is 4.79 Å². The highest BCUT2D eigenvalue weighted by Gasteiger charge is 2.40. The van der Waals surface area contributed by atoms with E-state index in [0.29, 0.717) is 0 Å². The van der Waals surface area contributed by atoms with Crippen LogP contribution in [0.5, 0.6) is 0 Å². The van der Waals surface area contributed by atoms with Crippen molar-refractivity contribution in [1.29, 1.82) is 0 Å². The molecule has 6 nitrogen and oxygen atoms in total. The second kappa shape index (κ2) is 5.95. The third-order valence-electron chi connectivity index (χ3n) is 4.51. The molecule has 0 radical (unpaired) electrons. The molecule has 1 aromatic carbocycles. The minimum absolute atomic E-state index is 0.0642. The van der Waals surface area contributed by atoms with Crippen molar-refractivity contribution in [2.45, 2.75) is 32.2 Å². The maximum absolute atomic E-state index is 13.9. The summed E-state index contributed by atoms with van der Waals surface area (Å²) in [4.78, 5) is 24.3. The number of hydrogen-bond donors (Lipinski definition) is 1. The topological polar surface area (TPSA) is 66.8 Å². The molecule has 0 spiro atoms. The van der Waals surface area contributed by atoms with Crippen LogP contribution < -0.4 is 0 Å². The zero-order valence-electron chi connectivity index (χ0n) is 13.8. The van der Waals surface area contributed by atoms with Gasteiger partial charge in [0.25, 0.3) is 5.91 Å². The van der Waals surface area contributed by atoms with Crippen molar-refractivity contribution in [3.8, 4) is 0 Å². The van der Waals surface area contributed by atoms with Gasteiger partial charge in [-0.05, 0) is 19.1 Å². The second-order valence-corrected chi connectivity index (χ2v) is 6.71. The third-order valence-corrected chi connectivity index (χ3v) is 4.83. The molecule has 0 saturated carbocycles. The van der Waals surface area contributed by atoms with Crippen molar-refractivity contribution in [3.05, 3.63) is 46.5 Å². The quantitative estimate of drug-likeness (QED) is 0.633. The Bertz CT molecular complexity index is 1020. The lowest BCUT2D eigenvalue weighted by Gasteiger charge is -2.34. The number of fused-ring (bicyclic) bond motifs is 2. The Labute approximate surface area is 154 Å². The Hall–Kier alpha value is -2.62. The summed E-state index contributed by atoms with van der Waals surface area (Å²) < 4.78 is 54.0. The molecule has 27 heavy (non-hydrogen) atoms. The van der Waals surface area contributed by atoms with Gasteiger partial charge in [0.05, 0.1) is 29.0 Å². The number of hydrogen-bond acceptors (Lipinski definition) is 3. The average Bonchev–Trinajstić information content (AvgIpc) is 3.21. The summed E-state index contributed by atoms with van der Waals surface area (Å²) in [6.07, 6.45) is -3.47. The number of carbonyl (C=O) groups excluding carboxylic acids is 1. The molecule has 0 bridgehead atoms. The zero-order valence-corrected chi connectivity index (χ0v) is 14.6. The first-order chi connectivity index (χ1) is 12.7. The van der Waals surface area contributed by atoms with E-state index < -0.39 is 29.8 Å². The van der Waals surface area contributed by atoms with E-state index >= 15 is 0 Å². The molecule has 3 heterocycles. The van der Waals surface area contributed by atoms with Crippen molar-refractivity contribution in [3.63, 3.8) is 0 Å². The van der Waals surface area contributed by atoms with E-state index in [-0.39, 0.29) is 40.7 Å². The van der Waals surface area contributed by atoms with Gasteiger partial charge in [-0.25, -0.2) is 14.4 Å². The lowest BCUT2D eigenvalue weighted by atomic mass is 10.2. The summed E-state index contributed by atoms with van der Waals surface area (Å²) in [6, 6.07) is 1.93. The maximum Gasteiger partial charge on any atom is 0.449 e. The molecule has 0 aliphatic carbocycles. The molecule has 1 amide bonds. The van der Waals surface area contributed by atoms with E-state index in [9.17, 15) is 22.4 Å². The van der Waals surface area contributed by atoms with Gasteiger partial charge in [-0.1, -0.05) is 11.6 Å². The summed E-state index contributed by atoms with van der Waals surface area (Å²) in [5, 5.41) is 0.206. The van der Waals surface area contributed by atoms with E-state index in [1.54, 1.807) is 6.92 Å². The molecular formula is C16H12ClF4N5O. The van der Waals surface area contributed by atoms with Crippen LogP contribution in [0.25, 0.3) is 11.0 Å². The summed E-state index contributed by atoms with van der Waals surface area (Å²) in [7, 11) is 0. The molecule has 1 atom stereocenters. The molecule has 2 aromatic heterocycles. The maximum atomic E-state index is 13.9. The molecule has 1 aliphatic heterocycles. The monoisotopic (exact) mass is 401 g/mol. The Balaban J connectivity index is 1.68. The highest BCUT2D eigenvalue weighted by molar-refractivity contribution is 6.35. The number of aromatic amines is 1. The minimum Gasteiger partial charge on any atom is -0.333 e. The van der Waals surface area contributed by atoms with Crippen LogP contribution in [0.15, 0.2) is 18.3 Å². The third kappa shape index (κ3) is 2.84. The first kappa shape index (κ1) is 17.8. The molecule has 4 rings (SSSR count). The number of imidazole rings is 2. The van der Waals surface area contributed by atoms with E-state index in [2.05, 4.69) is 15.0 Å². The van der Waals surface area contributed by atoms with Crippen LogP contribution in [0.4, 0.5) is 17.6 Å². The van der Waals surface area contributed by atoms with Gasteiger partial charge in [0.1, 0.15) is 5.52 Å². The van der Waals surface area contributed by atoms with Crippen LogP contribution >= 0.6 is 11.6 Å². The lowest BCUT2D eigenvalue weighted by molar-refractivity contribution is -0.148. The number of carbonyl (C=O) groups is 1. The predicted molar refractivity (Wildman–Crippen MR) is 87.6 cm³/mol. The molecular weight excluding hydrogens is 390 g/mol.